The summed E-state index contributed by atoms with van der Waals surface area (Å²) in [5.74, 6) is 0.330. The van der Waals surface area contributed by atoms with Crippen LogP contribution in [0.5, 0.6) is 5.75 Å². The predicted molar refractivity (Wildman–Crippen MR) is 107 cm³/mol. The lowest BCUT2D eigenvalue weighted by molar-refractivity contribution is -0.385. The maximum Gasteiger partial charge on any atom is 0.273 e. The molecule has 2 heterocycles. The standard InChI is InChI=1S/C22H20FN3O3/c23-19-5-1-16(2-6-19)18-9-15(11-24-13-18)12-25-14-21-8-4-17-3-7-20(26(27)28)10-22(17)29-21/h1-3,5-7,9-11,13,21,25H,4,8,12,14H2. The molecule has 7 heteroatoms. The molecule has 0 saturated carbocycles. The molecule has 0 saturated heterocycles. The number of hydrogen-bond acceptors (Lipinski definition) is 5. The number of rotatable bonds is 6. The minimum atomic E-state index is -0.410. The number of ether oxygens (including phenoxy) is 1. The van der Waals surface area contributed by atoms with E-state index in [0.717, 1.165) is 35.1 Å². The molecule has 3 aromatic rings. The van der Waals surface area contributed by atoms with Crippen molar-refractivity contribution in [1.29, 1.82) is 0 Å². The van der Waals surface area contributed by atoms with Crippen molar-refractivity contribution in [2.24, 2.45) is 0 Å². The van der Waals surface area contributed by atoms with E-state index in [1.165, 1.54) is 24.3 Å². The summed E-state index contributed by atoms with van der Waals surface area (Å²) >= 11 is 0. The van der Waals surface area contributed by atoms with E-state index < -0.39 is 4.92 Å². The van der Waals surface area contributed by atoms with Crippen molar-refractivity contribution in [3.05, 3.63) is 88.0 Å². The molecule has 29 heavy (non-hydrogen) atoms. The van der Waals surface area contributed by atoms with Gasteiger partial charge >= 0.3 is 0 Å². The highest BCUT2D eigenvalue weighted by molar-refractivity contribution is 5.62. The van der Waals surface area contributed by atoms with Gasteiger partial charge < -0.3 is 10.1 Å². The fourth-order valence-corrected chi connectivity index (χ4v) is 3.43. The van der Waals surface area contributed by atoms with Crippen LogP contribution in [0.4, 0.5) is 10.1 Å². The van der Waals surface area contributed by atoms with E-state index in [2.05, 4.69) is 10.3 Å². The lowest BCUT2D eigenvalue weighted by atomic mass is 10.0. The van der Waals surface area contributed by atoms with Crippen molar-refractivity contribution in [1.82, 2.24) is 10.3 Å². The first-order chi connectivity index (χ1) is 14.1. The minimum absolute atomic E-state index is 0.0426. The quantitative estimate of drug-likeness (QED) is 0.500. The molecule has 6 nitrogen and oxygen atoms in total. The van der Waals surface area contributed by atoms with E-state index in [0.29, 0.717) is 18.8 Å². The minimum Gasteiger partial charge on any atom is -0.489 e. The number of nitro groups is 1. The SMILES string of the molecule is O=[N+]([O-])c1ccc2c(c1)OC(CNCc1cncc(-c3ccc(F)cc3)c1)CC2. The molecule has 1 N–H and O–H groups in total. The van der Waals surface area contributed by atoms with Gasteiger partial charge in [-0.2, -0.15) is 0 Å². The number of halogens is 1. The number of nitro benzene ring substituents is 1. The molecule has 1 aromatic heterocycles. The van der Waals surface area contributed by atoms with Crippen LogP contribution >= 0.6 is 0 Å². The zero-order valence-electron chi connectivity index (χ0n) is 15.7. The third-order valence-electron chi connectivity index (χ3n) is 4.96. The second-order valence-electron chi connectivity index (χ2n) is 7.05. The number of fused-ring (bicyclic) bond motifs is 1. The van der Waals surface area contributed by atoms with Crippen molar-refractivity contribution in [2.45, 2.75) is 25.5 Å². The monoisotopic (exact) mass is 393 g/mol. The van der Waals surface area contributed by atoms with E-state index in [-0.39, 0.29) is 17.6 Å². The van der Waals surface area contributed by atoms with Gasteiger partial charge in [0.1, 0.15) is 17.7 Å². The number of benzene rings is 2. The van der Waals surface area contributed by atoms with Gasteiger partial charge in [0.2, 0.25) is 0 Å². The number of nitrogens with zero attached hydrogens (tertiary/aromatic N) is 2. The Kier molecular flexibility index (Phi) is 5.48. The molecule has 1 aliphatic heterocycles. The second-order valence-corrected chi connectivity index (χ2v) is 7.05. The number of non-ortho nitro benzene ring substituents is 1. The Balaban J connectivity index is 1.35. The first-order valence-electron chi connectivity index (χ1n) is 9.43. The summed E-state index contributed by atoms with van der Waals surface area (Å²) in [6.45, 7) is 1.24. The Morgan fingerprint density at radius 3 is 2.76 bits per heavy atom. The highest BCUT2D eigenvalue weighted by atomic mass is 19.1. The zero-order chi connectivity index (χ0) is 20.2. The Hall–Kier alpha value is -3.32. The van der Waals surface area contributed by atoms with Crippen molar-refractivity contribution >= 4 is 5.69 Å². The molecule has 4 rings (SSSR count). The molecule has 0 bridgehead atoms. The Labute approximate surface area is 167 Å². The lowest BCUT2D eigenvalue weighted by Gasteiger charge is -2.26. The fraction of sp³-hybridized carbons (Fsp3) is 0.227. The van der Waals surface area contributed by atoms with Crippen LogP contribution in [0.2, 0.25) is 0 Å². The summed E-state index contributed by atoms with van der Waals surface area (Å²) in [6.07, 6.45) is 5.19. The van der Waals surface area contributed by atoms with Gasteiger partial charge in [-0.05, 0) is 53.8 Å². The third kappa shape index (κ3) is 4.57. The summed E-state index contributed by atoms with van der Waals surface area (Å²) < 4.78 is 19.1. The number of hydrogen-bond donors (Lipinski definition) is 1. The number of aryl methyl sites for hydroxylation is 1. The summed E-state index contributed by atoms with van der Waals surface area (Å²) in [5, 5.41) is 14.3. The molecule has 2 aromatic carbocycles. The highest BCUT2D eigenvalue weighted by Crippen LogP contribution is 2.31. The molecule has 0 spiro atoms. The largest absolute Gasteiger partial charge is 0.489 e. The summed E-state index contributed by atoms with van der Waals surface area (Å²) in [7, 11) is 0. The van der Waals surface area contributed by atoms with Crippen LogP contribution in [-0.2, 0) is 13.0 Å². The summed E-state index contributed by atoms with van der Waals surface area (Å²) in [5.41, 5.74) is 3.90. The molecular formula is C22H20FN3O3. The zero-order valence-corrected chi connectivity index (χ0v) is 15.7. The molecule has 0 amide bonds. The topological polar surface area (TPSA) is 77.3 Å². The molecule has 1 atom stereocenters. The normalized spacial score (nSPS) is 15.4. The van der Waals surface area contributed by atoms with Crippen molar-refractivity contribution < 1.29 is 14.1 Å². The van der Waals surface area contributed by atoms with Gasteiger partial charge in [-0.1, -0.05) is 12.1 Å². The number of pyridine rings is 1. The van der Waals surface area contributed by atoms with Gasteiger partial charge in [-0.15, -0.1) is 0 Å². The smallest absolute Gasteiger partial charge is 0.273 e. The van der Waals surface area contributed by atoms with E-state index in [1.807, 2.05) is 6.07 Å². The molecule has 0 aliphatic carbocycles. The molecule has 1 unspecified atom stereocenters. The van der Waals surface area contributed by atoms with Gasteiger partial charge in [0.05, 0.1) is 11.0 Å². The highest BCUT2D eigenvalue weighted by Gasteiger charge is 2.21. The van der Waals surface area contributed by atoms with Crippen LogP contribution in [0, 0.1) is 15.9 Å². The van der Waals surface area contributed by atoms with Crippen molar-refractivity contribution in [2.75, 3.05) is 6.54 Å². The van der Waals surface area contributed by atoms with Gasteiger partial charge in [0, 0.05) is 37.1 Å². The van der Waals surface area contributed by atoms with Crippen LogP contribution in [-0.4, -0.2) is 22.6 Å². The fourth-order valence-electron chi connectivity index (χ4n) is 3.43. The number of aromatic nitrogens is 1. The maximum absolute atomic E-state index is 13.1. The van der Waals surface area contributed by atoms with E-state index in [4.69, 9.17) is 4.74 Å². The molecular weight excluding hydrogens is 373 g/mol. The number of nitrogens with one attached hydrogen (secondary N) is 1. The van der Waals surface area contributed by atoms with Crippen LogP contribution in [0.1, 0.15) is 17.5 Å². The van der Waals surface area contributed by atoms with Crippen LogP contribution < -0.4 is 10.1 Å². The van der Waals surface area contributed by atoms with Gasteiger partial charge in [0.15, 0.2) is 0 Å². The second kappa shape index (κ2) is 8.36. The molecule has 148 valence electrons. The van der Waals surface area contributed by atoms with Gasteiger partial charge in [-0.25, -0.2) is 4.39 Å². The van der Waals surface area contributed by atoms with Crippen LogP contribution in [0.25, 0.3) is 11.1 Å². The first kappa shape index (κ1) is 19.0. The van der Waals surface area contributed by atoms with Crippen molar-refractivity contribution in [3.8, 4) is 16.9 Å². The summed E-state index contributed by atoms with van der Waals surface area (Å²) in [4.78, 5) is 14.8. The Morgan fingerprint density at radius 2 is 1.97 bits per heavy atom. The third-order valence-corrected chi connectivity index (χ3v) is 4.96. The molecule has 0 fully saturated rings. The Bertz CT molecular complexity index is 1020. The average Bonchev–Trinajstić information content (AvgIpc) is 2.74. The van der Waals surface area contributed by atoms with Gasteiger partial charge in [0.25, 0.3) is 5.69 Å². The first-order valence-corrected chi connectivity index (χ1v) is 9.43. The van der Waals surface area contributed by atoms with Crippen LogP contribution in [0.15, 0.2) is 60.9 Å². The van der Waals surface area contributed by atoms with E-state index in [9.17, 15) is 14.5 Å². The van der Waals surface area contributed by atoms with Gasteiger partial charge in [-0.3, -0.25) is 15.1 Å². The molecule has 0 radical (unpaired) electrons. The maximum atomic E-state index is 13.1. The Morgan fingerprint density at radius 1 is 1.14 bits per heavy atom. The summed E-state index contributed by atoms with van der Waals surface area (Å²) in [6, 6.07) is 13.1. The van der Waals surface area contributed by atoms with Crippen LogP contribution in [0.3, 0.4) is 0 Å². The average molecular weight is 393 g/mol. The molecule has 1 aliphatic rings. The lowest BCUT2D eigenvalue weighted by Crippen LogP contribution is -2.34. The van der Waals surface area contributed by atoms with Crippen molar-refractivity contribution in [3.63, 3.8) is 0 Å². The predicted octanol–water partition coefficient (Wildman–Crippen LogP) is 4.28. The van der Waals surface area contributed by atoms with E-state index >= 15 is 0 Å². The van der Waals surface area contributed by atoms with E-state index in [1.54, 1.807) is 30.6 Å².